The zero-order valence-electron chi connectivity index (χ0n) is 7.48. The molecule has 0 spiro atoms. The van der Waals surface area contributed by atoms with E-state index in [1.54, 1.807) is 6.07 Å². The lowest BCUT2D eigenvalue weighted by atomic mass is 10.2. The van der Waals surface area contributed by atoms with E-state index in [1.807, 2.05) is 0 Å². The van der Waals surface area contributed by atoms with Gasteiger partial charge in [0, 0.05) is 11.8 Å². The number of nitrogens with zero attached hydrogens (tertiary/aromatic N) is 1. The smallest absolute Gasteiger partial charge is 0.165 e. The first-order valence-electron chi connectivity index (χ1n) is 4.10. The van der Waals surface area contributed by atoms with E-state index in [-0.39, 0.29) is 0 Å². The first-order valence-corrected chi connectivity index (χ1v) is 4.92. The fourth-order valence-electron chi connectivity index (χ4n) is 1.11. The van der Waals surface area contributed by atoms with E-state index in [2.05, 4.69) is 4.98 Å². The molecule has 76 valence electrons. The molecule has 1 N–H and O–H groups in total. The van der Waals surface area contributed by atoms with Crippen molar-refractivity contribution in [2.24, 2.45) is 0 Å². The lowest BCUT2D eigenvalue weighted by Gasteiger charge is -1.97. The summed E-state index contributed by atoms with van der Waals surface area (Å²) in [7, 11) is 0. The molecule has 1 heterocycles. The van der Waals surface area contributed by atoms with Crippen LogP contribution in [-0.2, 0) is 0 Å². The molecule has 0 fully saturated rings. The first kappa shape index (κ1) is 9.79. The summed E-state index contributed by atoms with van der Waals surface area (Å²) in [5.41, 5.74) is 0.545. The monoisotopic (exact) mass is 223 g/mol. The maximum atomic E-state index is 13.0. The number of thiazole rings is 1. The van der Waals surface area contributed by atoms with E-state index < -0.39 is 11.6 Å². The van der Waals surface area contributed by atoms with Crippen LogP contribution >= 0.6 is 11.3 Å². The summed E-state index contributed by atoms with van der Waals surface area (Å²) in [6, 6.07) is 3.99. The number of carbonyl (C=O) groups is 1. The van der Waals surface area contributed by atoms with Crippen molar-refractivity contribution in [2.75, 3.05) is 0 Å². The number of hydrogen-bond acceptors (Lipinski definition) is 4. The standard InChI is InChI=1S/C10H6FNO2S/c11-8-3-6(1-2-9(8)14)10-12-4-7(5-13)15-10/h1-5,14H. The van der Waals surface area contributed by atoms with Crippen LogP contribution in [0.5, 0.6) is 5.75 Å². The van der Waals surface area contributed by atoms with Gasteiger partial charge in [-0.25, -0.2) is 9.37 Å². The van der Waals surface area contributed by atoms with Crippen LogP contribution < -0.4 is 0 Å². The number of phenols is 1. The molecule has 0 aliphatic rings. The molecule has 0 aliphatic carbocycles. The molecule has 15 heavy (non-hydrogen) atoms. The minimum atomic E-state index is -0.699. The topological polar surface area (TPSA) is 50.2 Å². The number of hydrogen-bond donors (Lipinski definition) is 1. The quantitative estimate of drug-likeness (QED) is 0.795. The third-order valence-electron chi connectivity index (χ3n) is 1.83. The molecule has 0 saturated carbocycles. The van der Waals surface area contributed by atoms with Gasteiger partial charge in [-0.1, -0.05) is 0 Å². The summed E-state index contributed by atoms with van der Waals surface area (Å²) in [5.74, 6) is -1.10. The lowest BCUT2D eigenvalue weighted by Crippen LogP contribution is -1.79. The fraction of sp³-hybridized carbons (Fsp3) is 0. The SMILES string of the molecule is O=Cc1cnc(-c2ccc(O)c(F)c2)s1. The van der Waals surface area contributed by atoms with E-state index in [9.17, 15) is 9.18 Å². The largest absolute Gasteiger partial charge is 0.505 e. The van der Waals surface area contributed by atoms with Crippen LogP contribution in [0.15, 0.2) is 24.4 Å². The molecule has 0 saturated heterocycles. The Hall–Kier alpha value is -1.75. The number of aldehydes is 1. The van der Waals surface area contributed by atoms with Gasteiger partial charge in [-0.05, 0) is 18.2 Å². The van der Waals surface area contributed by atoms with Gasteiger partial charge >= 0.3 is 0 Å². The predicted molar refractivity (Wildman–Crippen MR) is 54.6 cm³/mol. The number of halogens is 1. The number of benzene rings is 1. The summed E-state index contributed by atoms with van der Waals surface area (Å²) < 4.78 is 13.0. The molecule has 1 aromatic heterocycles. The highest BCUT2D eigenvalue weighted by Gasteiger charge is 2.07. The van der Waals surface area contributed by atoms with E-state index >= 15 is 0 Å². The van der Waals surface area contributed by atoms with Crippen molar-refractivity contribution in [3.8, 4) is 16.3 Å². The summed E-state index contributed by atoms with van der Waals surface area (Å²) >= 11 is 1.17. The molecular formula is C10H6FNO2S. The van der Waals surface area contributed by atoms with E-state index in [0.29, 0.717) is 21.7 Å². The van der Waals surface area contributed by atoms with Crippen LogP contribution in [0.2, 0.25) is 0 Å². The third-order valence-corrected chi connectivity index (χ3v) is 2.81. The van der Waals surface area contributed by atoms with Crippen LogP contribution in [0.3, 0.4) is 0 Å². The Morgan fingerprint density at radius 2 is 2.27 bits per heavy atom. The Balaban J connectivity index is 2.44. The third kappa shape index (κ3) is 1.87. The molecule has 0 aliphatic heterocycles. The molecule has 2 rings (SSSR count). The zero-order chi connectivity index (χ0) is 10.8. The van der Waals surface area contributed by atoms with Crippen molar-refractivity contribution in [1.29, 1.82) is 0 Å². The normalized spacial score (nSPS) is 10.2. The lowest BCUT2D eigenvalue weighted by molar-refractivity contribution is 0.112. The van der Waals surface area contributed by atoms with Gasteiger partial charge in [0.25, 0.3) is 0 Å². The maximum Gasteiger partial charge on any atom is 0.165 e. The highest BCUT2D eigenvalue weighted by Crippen LogP contribution is 2.27. The molecular weight excluding hydrogens is 217 g/mol. The van der Waals surface area contributed by atoms with E-state index in [4.69, 9.17) is 5.11 Å². The number of aromatic hydroxyl groups is 1. The summed E-state index contributed by atoms with van der Waals surface area (Å²) in [6.45, 7) is 0. The van der Waals surface area contributed by atoms with Gasteiger partial charge in [0.05, 0.1) is 4.88 Å². The van der Waals surface area contributed by atoms with Gasteiger partial charge in [-0.3, -0.25) is 4.79 Å². The maximum absolute atomic E-state index is 13.0. The molecule has 0 amide bonds. The number of aromatic nitrogens is 1. The molecule has 0 unspecified atom stereocenters. The Labute approximate surface area is 88.8 Å². The van der Waals surface area contributed by atoms with Crippen molar-refractivity contribution in [3.63, 3.8) is 0 Å². The molecule has 0 bridgehead atoms. The summed E-state index contributed by atoms with van der Waals surface area (Å²) in [4.78, 5) is 14.9. The summed E-state index contributed by atoms with van der Waals surface area (Å²) in [6.07, 6.45) is 2.12. The van der Waals surface area contributed by atoms with Crippen molar-refractivity contribution in [3.05, 3.63) is 35.1 Å². The summed E-state index contributed by atoms with van der Waals surface area (Å²) in [5, 5.41) is 9.55. The van der Waals surface area contributed by atoms with E-state index in [1.165, 1.54) is 29.7 Å². The van der Waals surface area contributed by atoms with Gasteiger partial charge < -0.3 is 5.11 Å². The van der Waals surface area contributed by atoms with Crippen LogP contribution in [0.1, 0.15) is 9.67 Å². The van der Waals surface area contributed by atoms with Crippen molar-refractivity contribution >= 4 is 17.6 Å². The van der Waals surface area contributed by atoms with Crippen molar-refractivity contribution in [2.45, 2.75) is 0 Å². The molecule has 0 radical (unpaired) electrons. The van der Waals surface area contributed by atoms with Crippen LogP contribution in [0.25, 0.3) is 10.6 Å². The van der Waals surface area contributed by atoms with E-state index in [0.717, 1.165) is 0 Å². The highest BCUT2D eigenvalue weighted by molar-refractivity contribution is 7.16. The van der Waals surface area contributed by atoms with Crippen molar-refractivity contribution < 1.29 is 14.3 Å². The van der Waals surface area contributed by atoms with Gasteiger partial charge in [-0.2, -0.15) is 0 Å². The molecule has 1 aromatic carbocycles. The second kappa shape index (κ2) is 3.78. The van der Waals surface area contributed by atoms with Crippen LogP contribution in [0, 0.1) is 5.82 Å². The number of carbonyl (C=O) groups excluding carboxylic acids is 1. The Kier molecular flexibility index (Phi) is 2.47. The van der Waals surface area contributed by atoms with Gasteiger partial charge in [0.15, 0.2) is 17.9 Å². The minimum absolute atomic E-state index is 0.397. The highest BCUT2D eigenvalue weighted by atomic mass is 32.1. The minimum Gasteiger partial charge on any atom is -0.505 e. The average Bonchev–Trinajstić information content (AvgIpc) is 2.70. The Morgan fingerprint density at radius 1 is 1.47 bits per heavy atom. The number of rotatable bonds is 2. The van der Waals surface area contributed by atoms with Crippen molar-refractivity contribution in [1.82, 2.24) is 4.98 Å². The van der Waals surface area contributed by atoms with Crippen LogP contribution in [0.4, 0.5) is 4.39 Å². The zero-order valence-corrected chi connectivity index (χ0v) is 8.29. The van der Waals surface area contributed by atoms with Crippen LogP contribution in [-0.4, -0.2) is 16.4 Å². The van der Waals surface area contributed by atoms with Gasteiger partial charge in [0.1, 0.15) is 5.01 Å². The van der Waals surface area contributed by atoms with Gasteiger partial charge in [-0.15, -0.1) is 11.3 Å². The predicted octanol–water partition coefficient (Wildman–Crippen LogP) is 2.47. The molecule has 2 aromatic rings. The molecule has 3 nitrogen and oxygen atoms in total. The molecule has 5 heteroatoms. The second-order valence-electron chi connectivity index (χ2n) is 2.85. The average molecular weight is 223 g/mol. The van der Waals surface area contributed by atoms with Gasteiger partial charge in [0.2, 0.25) is 0 Å². The number of phenolic OH excluding ortho intramolecular Hbond substituents is 1. The Morgan fingerprint density at radius 3 is 2.87 bits per heavy atom. The second-order valence-corrected chi connectivity index (χ2v) is 3.91. The fourth-order valence-corrected chi connectivity index (χ4v) is 1.84. The Bertz CT molecular complexity index is 510. The molecule has 0 atom stereocenters. The first-order chi connectivity index (χ1) is 7.20.